The number of alkyl halides is 3. The van der Waals surface area contributed by atoms with Crippen LogP contribution in [0.25, 0.3) is 0 Å². The maximum absolute atomic E-state index is 11.9. The molecular formula is C8H15F3N2O2S2. The van der Waals surface area contributed by atoms with Gasteiger partial charge in [0.1, 0.15) is 0 Å². The fourth-order valence-corrected chi connectivity index (χ4v) is 2.64. The molecule has 0 aliphatic rings. The monoisotopic (exact) mass is 292 g/mol. The highest BCUT2D eigenvalue weighted by atomic mass is 32.2. The molecule has 2 N–H and O–H groups in total. The van der Waals surface area contributed by atoms with Gasteiger partial charge in [-0.3, -0.25) is 0 Å². The number of nitrogens with two attached hydrogens (primary N) is 1. The Kier molecular flexibility index (Phi) is 5.82. The van der Waals surface area contributed by atoms with Gasteiger partial charge in [-0.05, 0) is 13.3 Å². The number of thiocarbonyl (C=S) groups is 1. The summed E-state index contributed by atoms with van der Waals surface area (Å²) < 4.78 is 59.7. The Morgan fingerprint density at radius 1 is 1.47 bits per heavy atom. The molecule has 0 radical (unpaired) electrons. The van der Waals surface area contributed by atoms with Crippen molar-refractivity contribution in [3.8, 4) is 0 Å². The number of nitrogens with zero attached hydrogens (tertiary/aromatic N) is 1. The van der Waals surface area contributed by atoms with Gasteiger partial charge in [0.2, 0.25) is 10.0 Å². The van der Waals surface area contributed by atoms with Gasteiger partial charge in [0.05, 0.1) is 16.8 Å². The summed E-state index contributed by atoms with van der Waals surface area (Å²) in [4.78, 5) is -0.0214. The molecule has 0 saturated carbocycles. The van der Waals surface area contributed by atoms with E-state index in [0.29, 0.717) is 0 Å². The summed E-state index contributed by atoms with van der Waals surface area (Å²) in [6, 6.07) is -0.708. The predicted molar refractivity (Wildman–Crippen MR) is 63.1 cm³/mol. The summed E-state index contributed by atoms with van der Waals surface area (Å²) in [6.07, 6.45) is -5.94. The van der Waals surface area contributed by atoms with E-state index < -0.39 is 40.8 Å². The van der Waals surface area contributed by atoms with Gasteiger partial charge in [0, 0.05) is 13.5 Å². The molecule has 0 aliphatic carbocycles. The second kappa shape index (κ2) is 5.96. The number of likely N-dealkylation sites (N-methyl/N-ethyl adjacent to an activating group) is 1. The molecule has 0 bridgehead atoms. The molecule has 17 heavy (non-hydrogen) atoms. The van der Waals surface area contributed by atoms with E-state index >= 15 is 0 Å². The van der Waals surface area contributed by atoms with E-state index in [-0.39, 0.29) is 4.99 Å². The molecule has 0 aromatic rings. The van der Waals surface area contributed by atoms with Gasteiger partial charge >= 0.3 is 6.18 Å². The van der Waals surface area contributed by atoms with Crippen molar-refractivity contribution in [2.24, 2.45) is 5.73 Å². The first-order chi connectivity index (χ1) is 7.47. The van der Waals surface area contributed by atoms with Gasteiger partial charge in [0.15, 0.2) is 0 Å². The molecule has 102 valence electrons. The molecule has 1 atom stereocenters. The zero-order valence-electron chi connectivity index (χ0n) is 9.49. The van der Waals surface area contributed by atoms with Crippen LogP contribution in [0.1, 0.15) is 19.8 Å². The van der Waals surface area contributed by atoms with Crippen LogP contribution in [0.5, 0.6) is 0 Å². The van der Waals surface area contributed by atoms with Crippen LogP contribution in [0.2, 0.25) is 0 Å². The normalized spacial score (nSPS) is 14.9. The van der Waals surface area contributed by atoms with Crippen molar-refractivity contribution < 1.29 is 21.6 Å². The molecule has 0 fully saturated rings. The van der Waals surface area contributed by atoms with Gasteiger partial charge in [-0.25, -0.2) is 8.42 Å². The highest BCUT2D eigenvalue weighted by Crippen LogP contribution is 2.22. The minimum absolute atomic E-state index is 0.0214. The molecule has 0 heterocycles. The fourth-order valence-electron chi connectivity index (χ4n) is 1.02. The average molecular weight is 292 g/mol. The molecule has 0 aliphatic heterocycles. The third-order valence-electron chi connectivity index (χ3n) is 2.26. The molecule has 0 aromatic heterocycles. The van der Waals surface area contributed by atoms with Gasteiger partial charge < -0.3 is 5.73 Å². The van der Waals surface area contributed by atoms with Crippen molar-refractivity contribution in [1.82, 2.24) is 4.31 Å². The second-order valence-electron chi connectivity index (χ2n) is 3.63. The molecule has 0 rings (SSSR count). The first-order valence-corrected chi connectivity index (χ1v) is 6.81. The Morgan fingerprint density at radius 2 is 1.94 bits per heavy atom. The van der Waals surface area contributed by atoms with E-state index in [1.54, 1.807) is 0 Å². The molecule has 0 spiro atoms. The van der Waals surface area contributed by atoms with Crippen molar-refractivity contribution in [3.05, 3.63) is 0 Å². The zero-order chi connectivity index (χ0) is 13.9. The highest BCUT2D eigenvalue weighted by molar-refractivity contribution is 7.89. The van der Waals surface area contributed by atoms with E-state index in [9.17, 15) is 21.6 Å². The predicted octanol–water partition coefficient (Wildman–Crippen LogP) is 1.27. The standard InChI is InChI=1S/C8H15F3N2O2S2/c1-6(7(12)16)13(2)17(14,15)5-3-4-8(9,10)11/h6H,3-5H2,1-2H3,(H2,12,16). The van der Waals surface area contributed by atoms with Crippen LogP contribution >= 0.6 is 12.2 Å². The smallest absolute Gasteiger partial charge is 0.389 e. The first kappa shape index (κ1) is 16.6. The van der Waals surface area contributed by atoms with E-state index in [1.807, 2.05) is 0 Å². The SMILES string of the molecule is CC(C(N)=S)N(C)S(=O)(=O)CCCC(F)(F)F. The Morgan fingerprint density at radius 3 is 2.29 bits per heavy atom. The molecule has 0 aromatic carbocycles. The number of hydrogen-bond donors (Lipinski definition) is 1. The van der Waals surface area contributed by atoms with Crippen LogP contribution < -0.4 is 5.73 Å². The summed E-state index contributed by atoms with van der Waals surface area (Å²) in [5.41, 5.74) is 5.28. The molecule has 0 amide bonds. The molecule has 1 unspecified atom stereocenters. The minimum atomic E-state index is -4.34. The summed E-state index contributed by atoms with van der Waals surface area (Å²) in [7, 11) is -2.52. The quantitative estimate of drug-likeness (QED) is 0.749. The van der Waals surface area contributed by atoms with Crippen molar-refractivity contribution in [1.29, 1.82) is 0 Å². The van der Waals surface area contributed by atoms with Gasteiger partial charge in [-0.2, -0.15) is 17.5 Å². The summed E-state index contributed by atoms with van der Waals surface area (Å²) in [5, 5.41) is 0. The third-order valence-corrected chi connectivity index (χ3v) is 4.60. The number of sulfonamides is 1. The van der Waals surface area contributed by atoms with E-state index in [2.05, 4.69) is 12.2 Å². The van der Waals surface area contributed by atoms with Crippen LogP contribution in [0.3, 0.4) is 0 Å². The first-order valence-electron chi connectivity index (χ1n) is 4.79. The minimum Gasteiger partial charge on any atom is -0.392 e. The topological polar surface area (TPSA) is 63.4 Å². The van der Waals surface area contributed by atoms with Crippen LogP contribution in [0, 0.1) is 0 Å². The summed E-state index contributed by atoms with van der Waals surface area (Å²) in [5.74, 6) is -0.573. The van der Waals surface area contributed by atoms with E-state index in [1.165, 1.54) is 14.0 Å². The maximum Gasteiger partial charge on any atom is 0.389 e. The lowest BCUT2D eigenvalue weighted by Gasteiger charge is -2.23. The average Bonchev–Trinajstić information content (AvgIpc) is 2.12. The van der Waals surface area contributed by atoms with Gasteiger partial charge in [-0.1, -0.05) is 12.2 Å². The van der Waals surface area contributed by atoms with Crippen molar-refractivity contribution in [2.75, 3.05) is 12.8 Å². The number of hydrogen-bond acceptors (Lipinski definition) is 3. The lowest BCUT2D eigenvalue weighted by molar-refractivity contribution is -0.134. The third kappa shape index (κ3) is 6.18. The molecular weight excluding hydrogens is 277 g/mol. The Balaban J connectivity index is 4.44. The lowest BCUT2D eigenvalue weighted by Crippen LogP contribution is -2.43. The van der Waals surface area contributed by atoms with Crippen molar-refractivity contribution >= 4 is 27.2 Å². The van der Waals surface area contributed by atoms with Crippen LogP contribution in [0.15, 0.2) is 0 Å². The number of halogens is 3. The molecule has 0 saturated heterocycles. The van der Waals surface area contributed by atoms with E-state index in [4.69, 9.17) is 5.73 Å². The lowest BCUT2D eigenvalue weighted by atomic mass is 10.3. The van der Waals surface area contributed by atoms with Gasteiger partial charge in [-0.15, -0.1) is 0 Å². The zero-order valence-corrected chi connectivity index (χ0v) is 11.1. The van der Waals surface area contributed by atoms with Gasteiger partial charge in [0.25, 0.3) is 0 Å². The maximum atomic E-state index is 11.9. The van der Waals surface area contributed by atoms with Crippen molar-refractivity contribution in [3.63, 3.8) is 0 Å². The van der Waals surface area contributed by atoms with E-state index in [0.717, 1.165) is 4.31 Å². The van der Waals surface area contributed by atoms with Crippen LogP contribution in [-0.2, 0) is 10.0 Å². The highest BCUT2D eigenvalue weighted by Gasteiger charge is 2.29. The summed E-state index contributed by atoms with van der Waals surface area (Å²) in [6.45, 7) is 1.48. The molecule has 9 heteroatoms. The molecule has 4 nitrogen and oxygen atoms in total. The largest absolute Gasteiger partial charge is 0.392 e. The van der Waals surface area contributed by atoms with Crippen LogP contribution in [0.4, 0.5) is 13.2 Å². The Hall–Kier alpha value is -0.410. The van der Waals surface area contributed by atoms with Crippen molar-refractivity contribution in [2.45, 2.75) is 32.0 Å². The fraction of sp³-hybridized carbons (Fsp3) is 0.875. The number of rotatable bonds is 6. The Bertz CT molecular complexity index is 367. The van der Waals surface area contributed by atoms with Crippen LogP contribution in [-0.4, -0.2) is 42.7 Å². The summed E-state index contributed by atoms with van der Waals surface area (Å²) >= 11 is 4.63. The Labute approximate surface area is 104 Å². The second-order valence-corrected chi connectivity index (χ2v) is 6.25.